The van der Waals surface area contributed by atoms with Gasteiger partial charge in [-0.25, -0.2) is 0 Å². The molecule has 1 saturated heterocycles. The van der Waals surface area contributed by atoms with Gasteiger partial charge in [-0.3, -0.25) is 4.79 Å². The Balaban J connectivity index is 0.00000180. The van der Waals surface area contributed by atoms with E-state index in [4.69, 9.17) is 4.74 Å². The number of nitrogens with zero attached hydrogens (tertiary/aromatic N) is 1. The van der Waals surface area contributed by atoms with E-state index in [1.165, 1.54) is 0 Å². The number of likely N-dealkylation sites (N-methyl/N-ethyl adjacent to an activating group) is 1. The number of halogens is 1. The molecule has 1 N–H and O–H groups in total. The van der Waals surface area contributed by atoms with E-state index >= 15 is 0 Å². The Morgan fingerprint density at radius 2 is 2.26 bits per heavy atom. The van der Waals surface area contributed by atoms with Crippen LogP contribution in [0.1, 0.15) is 23.2 Å². The molecule has 1 fully saturated rings. The summed E-state index contributed by atoms with van der Waals surface area (Å²) in [6, 6.07) is 7.75. The van der Waals surface area contributed by atoms with Crippen LogP contribution in [0, 0.1) is 0 Å². The molecular weight excluding hydrogens is 264 g/mol. The number of benzene rings is 1. The van der Waals surface area contributed by atoms with Gasteiger partial charge >= 0.3 is 0 Å². The van der Waals surface area contributed by atoms with E-state index < -0.39 is 0 Å². The van der Waals surface area contributed by atoms with Crippen LogP contribution in [-0.4, -0.2) is 44.1 Å². The molecule has 19 heavy (non-hydrogen) atoms. The average Bonchev–Trinajstić information content (AvgIpc) is 2.46. The fourth-order valence-electron chi connectivity index (χ4n) is 2.34. The molecule has 0 aliphatic carbocycles. The van der Waals surface area contributed by atoms with Gasteiger partial charge in [-0.15, -0.1) is 12.4 Å². The Labute approximate surface area is 120 Å². The fraction of sp³-hybridized carbons (Fsp3) is 0.500. The van der Waals surface area contributed by atoms with Gasteiger partial charge < -0.3 is 15.0 Å². The number of amides is 1. The first-order valence-electron chi connectivity index (χ1n) is 6.35. The molecule has 1 aromatic rings. The molecule has 2 rings (SSSR count). The zero-order chi connectivity index (χ0) is 13.0. The normalized spacial score (nSPS) is 18.6. The van der Waals surface area contributed by atoms with Gasteiger partial charge in [0.25, 0.3) is 5.91 Å². The monoisotopic (exact) mass is 284 g/mol. The highest BCUT2D eigenvalue weighted by Crippen LogP contribution is 2.17. The summed E-state index contributed by atoms with van der Waals surface area (Å²) in [4.78, 5) is 14.3. The number of nitrogens with one attached hydrogen (secondary N) is 1. The number of ether oxygens (including phenoxy) is 1. The second-order valence-corrected chi connectivity index (χ2v) is 4.61. The van der Waals surface area contributed by atoms with Crippen LogP contribution in [0.15, 0.2) is 24.3 Å². The number of carbonyl (C=O) groups excluding carboxylic acids is 1. The Hall–Kier alpha value is -1.26. The standard InChI is InChI=1S/C14H20N2O2.ClH/c1-15-12-6-4-8-16(10-12)14(17)11-5-3-7-13(9-11)18-2;/h3,5,7,9,12,15H,4,6,8,10H2,1-2H3;1H. The van der Waals surface area contributed by atoms with Crippen LogP contribution < -0.4 is 10.1 Å². The van der Waals surface area contributed by atoms with Crippen molar-refractivity contribution >= 4 is 18.3 Å². The summed E-state index contributed by atoms with van der Waals surface area (Å²) in [5.41, 5.74) is 0.700. The van der Waals surface area contributed by atoms with E-state index in [0.717, 1.165) is 31.7 Å². The third kappa shape index (κ3) is 3.85. The summed E-state index contributed by atoms with van der Waals surface area (Å²) in [5, 5.41) is 3.24. The molecule has 0 saturated carbocycles. The average molecular weight is 285 g/mol. The number of piperidine rings is 1. The Morgan fingerprint density at radius 1 is 1.47 bits per heavy atom. The third-order valence-corrected chi connectivity index (χ3v) is 3.43. The van der Waals surface area contributed by atoms with E-state index in [9.17, 15) is 4.79 Å². The van der Waals surface area contributed by atoms with Gasteiger partial charge in [0, 0.05) is 24.7 Å². The van der Waals surface area contributed by atoms with E-state index in [1.54, 1.807) is 13.2 Å². The lowest BCUT2D eigenvalue weighted by molar-refractivity contribution is 0.0698. The molecule has 0 spiro atoms. The quantitative estimate of drug-likeness (QED) is 0.922. The van der Waals surface area contributed by atoms with Crippen LogP contribution in [0.3, 0.4) is 0 Å². The molecule has 4 nitrogen and oxygen atoms in total. The molecule has 0 aromatic heterocycles. The molecule has 1 unspecified atom stereocenters. The minimum atomic E-state index is 0. The smallest absolute Gasteiger partial charge is 0.254 e. The molecule has 0 radical (unpaired) electrons. The highest BCUT2D eigenvalue weighted by Gasteiger charge is 2.23. The van der Waals surface area contributed by atoms with Crippen molar-refractivity contribution in [3.05, 3.63) is 29.8 Å². The second-order valence-electron chi connectivity index (χ2n) is 4.61. The lowest BCUT2D eigenvalue weighted by Gasteiger charge is -2.32. The third-order valence-electron chi connectivity index (χ3n) is 3.43. The van der Waals surface area contributed by atoms with Crippen LogP contribution in [0.25, 0.3) is 0 Å². The summed E-state index contributed by atoms with van der Waals surface area (Å²) in [6.07, 6.45) is 2.19. The van der Waals surface area contributed by atoms with Crippen molar-refractivity contribution in [3.63, 3.8) is 0 Å². The minimum Gasteiger partial charge on any atom is -0.497 e. The van der Waals surface area contributed by atoms with E-state index in [1.807, 2.05) is 30.1 Å². The lowest BCUT2D eigenvalue weighted by Crippen LogP contribution is -2.46. The molecule has 5 heteroatoms. The van der Waals surface area contributed by atoms with Gasteiger partial charge in [-0.1, -0.05) is 6.07 Å². The zero-order valence-electron chi connectivity index (χ0n) is 11.4. The molecule has 1 aliphatic rings. The number of methoxy groups -OCH3 is 1. The summed E-state index contributed by atoms with van der Waals surface area (Å²) >= 11 is 0. The van der Waals surface area contributed by atoms with Crippen LogP contribution in [0.5, 0.6) is 5.75 Å². The Kier molecular flexibility index (Phi) is 6.12. The van der Waals surface area contributed by atoms with Gasteiger partial charge in [-0.2, -0.15) is 0 Å². The first-order chi connectivity index (χ1) is 8.74. The van der Waals surface area contributed by atoms with Crippen LogP contribution >= 0.6 is 12.4 Å². The van der Waals surface area contributed by atoms with Gasteiger partial charge in [0.15, 0.2) is 0 Å². The largest absolute Gasteiger partial charge is 0.497 e. The molecule has 106 valence electrons. The predicted octanol–water partition coefficient (Wildman–Crippen LogP) is 1.94. The van der Waals surface area contributed by atoms with Crippen LogP contribution in [0.4, 0.5) is 0 Å². The number of rotatable bonds is 3. The maximum atomic E-state index is 12.4. The highest BCUT2D eigenvalue weighted by molar-refractivity contribution is 5.94. The summed E-state index contributed by atoms with van der Waals surface area (Å²) < 4.78 is 5.15. The highest BCUT2D eigenvalue weighted by atomic mass is 35.5. The van der Waals surface area contributed by atoms with E-state index in [-0.39, 0.29) is 18.3 Å². The summed E-state index contributed by atoms with van der Waals surface area (Å²) in [5.74, 6) is 0.817. The first kappa shape index (κ1) is 15.8. The molecule has 0 bridgehead atoms. The van der Waals surface area contributed by atoms with Crippen LogP contribution in [0.2, 0.25) is 0 Å². The van der Waals surface area contributed by atoms with Crippen LogP contribution in [-0.2, 0) is 0 Å². The summed E-state index contributed by atoms with van der Waals surface area (Å²) in [6.45, 7) is 1.63. The van der Waals surface area contributed by atoms with Crippen molar-refractivity contribution in [1.82, 2.24) is 10.2 Å². The maximum absolute atomic E-state index is 12.4. The molecule has 1 aromatic carbocycles. The van der Waals surface area contributed by atoms with Crippen molar-refractivity contribution in [2.45, 2.75) is 18.9 Å². The summed E-state index contributed by atoms with van der Waals surface area (Å²) in [7, 11) is 3.56. The number of carbonyl (C=O) groups is 1. The van der Waals surface area contributed by atoms with Crippen molar-refractivity contribution in [2.24, 2.45) is 0 Å². The van der Waals surface area contributed by atoms with Crippen molar-refractivity contribution in [1.29, 1.82) is 0 Å². The molecule has 1 amide bonds. The number of hydrogen-bond donors (Lipinski definition) is 1. The molecule has 1 atom stereocenters. The SMILES string of the molecule is CNC1CCCN(C(=O)c2cccc(OC)c2)C1.Cl. The molecular formula is C14H21ClN2O2. The molecule has 1 aliphatic heterocycles. The van der Waals surface area contributed by atoms with Crippen molar-refractivity contribution in [3.8, 4) is 5.75 Å². The predicted molar refractivity (Wildman–Crippen MR) is 78.2 cm³/mol. The Bertz CT molecular complexity index is 426. The molecule has 1 heterocycles. The fourth-order valence-corrected chi connectivity index (χ4v) is 2.34. The zero-order valence-corrected chi connectivity index (χ0v) is 12.2. The van der Waals surface area contributed by atoms with Gasteiger partial charge in [0.1, 0.15) is 5.75 Å². The topological polar surface area (TPSA) is 41.6 Å². The van der Waals surface area contributed by atoms with E-state index in [0.29, 0.717) is 11.6 Å². The Morgan fingerprint density at radius 3 is 2.95 bits per heavy atom. The van der Waals surface area contributed by atoms with Gasteiger partial charge in [0.2, 0.25) is 0 Å². The number of likely N-dealkylation sites (tertiary alicyclic amines) is 1. The second kappa shape index (κ2) is 7.36. The minimum absolute atomic E-state index is 0. The maximum Gasteiger partial charge on any atom is 0.254 e. The van der Waals surface area contributed by atoms with Gasteiger partial charge in [0.05, 0.1) is 7.11 Å². The first-order valence-corrected chi connectivity index (χ1v) is 6.35. The number of hydrogen-bond acceptors (Lipinski definition) is 3. The van der Waals surface area contributed by atoms with E-state index in [2.05, 4.69) is 5.32 Å². The van der Waals surface area contributed by atoms with Crippen molar-refractivity contribution < 1.29 is 9.53 Å². The van der Waals surface area contributed by atoms with Gasteiger partial charge in [-0.05, 0) is 38.1 Å². The lowest BCUT2D eigenvalue weighted by atomic mass is 10.0. The van der Waals surface area contributed by atoms with Crippen molar-refractivity contribution in [2.75, 3.05) is 27.2 Å².